The Balaban J connectivity index is 0.000000150. The number of pyridine rings is 6. The number of hydrogen-bond donors (Lipinski definition) is 7. The Bertz CT molecular complexity index is 5370. The first-order valence-electron chi connectivity index (χ1n) is 38.4. The number of morpholine rings is 1. The van der Waals surface area contributed by atoms with Gasteiger partial charge < -0.3 is 59.9 Å². The van der Waals surface area contributed by atoms with Gasteiger partial charge in [-0.15, -0.1) is 0 Å². The Kier molecular flexibility index (Phi) is 26.9. The van der Waals surface area contributed by atoms with Crippen molar-refractivity contribution in [1.29, 1.82) is 0 Å². The van der Waals surface area contributed by atoms with E-state index in [2.05, 4.69) is 128 Å². The second-order valence-corrected chi connectivity index (χ2v) is 29.6. The zero-order valence-corrected chi connectivity index (χ0v) is 66.5. The van der Waals surface area contributed by atoms with Crippen LogP contribution in [0.3, 0.4) is 0 Å². The highest BCUT2D eigenvalue weighted by Gasteiger charge is 2.23. The summed E-state index contributed by atoms with van der Waals surface area (Å²) in [5.41, 5.74) is 13.1. The molecule has 0 saturated carbocycles. The summed E-state index contributed by atoms with van der Waals surface area (Å²) in [6, 6.07) is 44.7. The number of amides is 3. The van der Waals surface area contributed by atoms with Crippen molar-refractivity contribution in [2.45, 2.75) is 32.0 Å². The minimum absolute atomic E-state index is 0.186. The molecule has 29 heteroatoms. The van der Waals surface area contributed by atoms with E-state index in [-0.39, 0.29) is 23.8 Å². The van der Waals surface area contributed by atoms with Crippen LogP contribution in [-0.4, -0.2) is 256 Å². The van der Waals surface area contributed by atoms with Gasteiger partial charge in [0.15, 0.2) is 17.1 Å². The number of carbonyl (C=O) groups excluding carboxylic acids is 3. The van der Waals surface area contributed by atoms with Crippen molar-refractivity contribution >= 4 is 84.9 Å². The Hall–Kier alpha value is -12.5. The predicted octanol–water partition coefficient (Wildman–Crippen LogP) is 11.4. The van der Waals surface area contributed by atoms with E-state index >= 15 is 0 Å². The summed E-state index contributed by atoms with van der Waals surface area (Å²) in [7, 11) is 18.2. The zero-order valence-electron chi connectivity index (χ0n) is 66.5. The average Bonchev–Trinajstić information content (AvgIpc) is 1.68. The van der Waals surface area contributed by atoms with Gasteiger partial charge in [0.2, 0.25) is 0 Å². The van der Waals surface area contributed by atoms with Crippen molar-refractivity contribution < 1.29 is 29.0 Å². The highest BCUT2D eigenvalue weighted by atomic mass is 16.5. The lowest BCUT2D eigenvalue weighted by Crippen LogP contribution is -2.35. The van der Waals surface area contributed by atoms with Crippen molar-refractivity contribution in [2.75, 3.05) is 173 Å². The van der Waals surface area contributed by atoms with Gasteiger partial charge in [-0.3, -0.25) is 54.4 Å². The van der Waals surface area contributed by atoms with Gasteiger partial charge in [0.25, 0.3) is 17.7 Å². The van der Waals surface area contributed by atoms with Crippen LogP contribution in [0.15, 0.2) is 195 Å². The van der Waals surface area contributed by atoms with E-state index in [9.17, 15) is 19.5 Å². The fourth-order valence-electron chi connectivity index (χ4n) is 13.2. The molecular formula is C86H99N23O6. The monoisotopic (exact) mass is 1550 g/mol. The first kappa shape index (κ1) is 80.6. The quantitative estimate of drug-likeness (QED) is 0.0251. The first-order chi connectivity index (χ1) is 55.8. The fourth-order valence-corrected chi connectivity index (χ4v) is 13.2. The minimum Gasteiger partial charge on any atom is -0.456 e. The molecule has 2 aliphatic rings. The number of ether oxygens (including phenoxy) is 2. The van der Waals surface area contributed by atoms with Gasteiger partial charge in [-0.2, -0.15) is 15.3 Å². The number of anilines is 6. The number of rotatable bonds is 27. The molecule has 15 rings (SSSR count). The molecule has 9 aromatic heterocycles. The number of benzene rings is 4. The zero-order chi connectivity index (χ0) is 80.3. The molecule has 29 nitrogen and oxygen atoms in total. The molecular weight excluding hydrogens is 1450 g/mol. The number of fused-ring (bicyclic) bond motifs is 3. The summed E-state index contributed by atoms with van der Waals surface area (Å²) >= 11 is 0. The number of hydrogen-bond acceptors (Lipinski definition) is 23. The van der Waals surface area contributed by atoms with Gasteiger partial charge in [-0.05, 0) is 186 Å². The number of aromatic amines is 3. The molecule has 0 bridgehead atoms. The van der Waals surface area contributed by atoms with Crippen molar-refractivity contribution in [2.24, 2.45) is 0 Å². The van der Waals surface area contributed by atoms with Crippen LogP contribution in [0.1, 0.15) is 55.4 Å². The number of carbonyl (C=O) groups is 3. The maximum absolute atomic E-state index is 13.2. The van der Waals surface area contributed by atoms with Gasteiger partial charge >= 0.3 is 0 Å². The second kappa shape index (κ2) is 38.4. The number of likely N-dealkylation sites (tertiary alicyclic amines) is 1. The van der Waals surface area contributed by atoms with Crippen molar-refractivity contribution in [3.05, 3.63) is 224 Å². The molecule has 0 spiro atoms. The Labute approximate surface area is 668 Å². The van der Waals surface area contributed by atoms with Crippen LogP contribution in [-0.2, 0) is 17.8 Å². The minimum atomic E-state index is -0.316. The molecule has 0 aliphatic carbocycles. The SMILES string of the molecule is CN(C)CCN(C)c1ccc(NC(=O)c2n[nH]c3ccc(-c4cncc(CN5CCC(O)CC5)c4)cc23)cn1.CN(C)CCN(C)c1ccc(NC(=O)c2n[nH]c3ccc(-c4cncc(CN5CCOCC5)c4)cc23)cn1.CN(C)CCN(C)c1ccc(NC(=O)c2n[nH]c3ccc(-c4cncc(Oc5ccccc5)c4)cc23)cn1. The average molecular weight is 1550 g/mol. The van der Waals surface area contributed by atoms with Crippen molar-refractivity contribution in [3.63, 3.8) is 0 Å². The van der Waals surface area contributed by atoms with Crippen LogP contribution in [0, 0.1) is 0 Å². The maximum Gasteiger partial charge on any atom is 0.276 e. The molecule has 2 fully saturated rings. The van der Waals surface area contributed by atoms with Crippen molar-refractivity contribution in [3.8, 4) is 44.9 Å². The van der Waals surface area contributed by atoms with E-state index in [1.54, 1.807) is 31.0 Å². The fraction of sp³-hybridized carbons (Fsp3) is 0.302. The molecule has 11 heterocycles. The third-order valence-corrected chi connectivity index (χ3v) is 19.9. The molecule has 0 unspecified atom stereocenters. The number of aliphatic hydroxyl groups excluding tert-OH is 1. The molecule has 3 amide bonds. The van der Waals surface area contributed by atoms with Crippen LogP contribution in [0.5, 0.6) is 11.5 Å². The molecule has 2 aliphatic heterocycles. The highest BCUT2D eigenvalue weighted by molar-refractivity contribution is 6.13. The van der Waals surface area contributed by atoms with Crippen molar-refractivity contribution in [1.82, 2.24) is 85.0 Å². The molecule has 0 atom stereocenters. The maximum atomic E-state index is 13.2. The number of likely N-dealkylation sites (N-methyl/N-ethyl adjacent to an activating group) is 6. The summed E-state index contributed by atoms with van der Waals surface area (Å²) in [6.45, 7) is 12.1. The third-order valence-electron chi connectivity index (χ3n) is 19.9. The molecule has 115 heavy (non-hydrogen) atoms. The van der Waals surface area contributed by atoms with E-state index in [4.69, 9.17) is 9.47 Å². The molecule has 13 aromatic rings. The molecule has 2 saturated heterocycles. The number of H-pyrrole nitrogens is 3. The van der Waals surface area contributed by atoms with Crippen LogP contribution in [0.25, 0.3) is 66.1 Å². The molecule has 594 valence electrons. The predicted molar refractivity (Wildman–Crippen MR) is 453 cm³/mol. The van der Waals surface area contributed by atoms with Gasteiger partial charge in [0.05, 0.1) is 77.7 Å². The van der Waals surface area contributed by atoms with Crippen LogP contribution in [0.4, 0.5) is 34.5 Å². The van der Waals surface area contributed by atoms with Crippen LogP contribution in [0.2, 0.25) is 0 Å². The number of aromatic nitrogens is 12. The van der Waals surface area contributed by atoms with Crippen LogP contribution >= 0.6 is 0 Å². The summed E-state index contributed by atoms with van der Waals surface area (Å²) in [6.07, 6.45) is 17.4. The first-order valence-corrected chi connectivity index (χ1v) is 38.4. The molecule has 7 N–H and O–H groups in total. The topological polar surface area (TPSA) is 315 Å². The van der Waals surface area contributed by atoms with E-state index in [1.807, 2.05) is 216 Å². The van der Waals surface area contributed by atoms with E-state index in [0.717, 1.165) is 200 Å². The lowest BCUT2D eigenvalue weighted by Gasteiger charge is -2.29. The summed E-state index contributed by atoms with van der Waals surface area (Å²) in [4.78, 5) is 83.5. The second-order valence-electron chi connectivity index (χ2n) is 29.6. The number of aliphatic hydroxyl groups is 1. The Morgan fingerprint density at radius 1 is 0.417 bits per heavy atom. The summed E-state index contributed by atoms with van der Waals surface area (Å²) in [5, 5.41) is 42.5. The van der Waals surface area contributed by atoms with Gasteiger partial charge in [-0.25, -0.2) is 15.0 Å². The lowest BCUT2D eigenvalue weighted by molar-refractivity contribution is 0.0341. The Morgan fingerprint density at radius 3 is 1.17 bits per heavy atom. The number of piperidine rings is 1. The largest absolute Gasteiger partial charge is 0.456 e. The molecule has 0 radical (unpaired) electrons. The van der Waals surface area contributed by atoms with Gasteiger partial charge in [0, 0.05) is 164 Å². The van der Waals surface area contributed by atoms with Gasteiger partial charge in [-0.1, -0.05) is 36.4 Å². The Morgan fingerprint density at radius 2 is 0.791 bits per heavy atom. The van der Waals surface area contributed by atoms with Crippen LogP contribution < -0.4 is 35.4 Å². The van der Waals surface area contributed by atoms with Gasteiger partial charge in [0.1, 0.15) is 29.0 Å². The molecule has 4 aromatic carbocycles. The standard InChI is InChI=1S/C29H36N8O2.C29H29N7O2.C28H34N8O2/c1-35(2)12-13-36(3)27-7-5-23(18-31-27)32-29(39)28-25-15-21(4-6-26(25)33-34-28)22-14-20(16-30-17-22)19-37-10-8-24(38)9-11-37;1-35(2)13-14-36(3)27-12-10-22(18-31-27)32-29(37)28-25-16-20(9-11-26(25)33-34-28)21-15-24(19-30-17-21)38-23-7-5-4-6-8-23;1-34(2)8-9-35(3)26-7-5-23(18-30-26)31-28(37)27-24-15-21(4-6-25(24)32-33-27)22-14-20(16-29-17-22)19-36-10-12-38-13-11-36/h4-7,14-18,24,38H,8-13,19H2,1-3H3,(H,32,39)(H,33,34);4-12,15-19H,13-14H2,1-3H3,(H,32,37)(H,33,34);4-7,14-18H,8-13,19H2,1-3H3,(H,31,37)(H,32,33). The number of para-hydroxylation sites is 1. The smallest absolute Gasteiger partial charge is 0.276 e. The van der Waals surface area contributed by atoms with E-state index in [0.29, 0.717) is 45.3 Å². The normalized spacial score (nSPS) is 13.3. The lowest BCUT2D eigenvalue weighted by atomic mass is 10.0. The van der Waals surface area contributed by atoms with E-state index < -0.39 is 0 Å². The summed E-state index contributed by atoms with van der Waals surface area (Å²) in [5.74, 6) is 2.99. The van der Waals surface area contributed by atoms with E-state index in [1.165, 1.54) is 0 Å². The number of nitrogens with one attached hydrogen (secondary N) is 6. The summed E-state index contributed by atoms with van der Waals surface area (Å²) < 4.78 is 11.4. The number of nitrogens with zero attached hydrogens (tertiary/aromatic N) is 17. The third kappa shape index (κ3) is 21.8. The highest BCUT2D eigenvalue weighted by Crippen LogP contribution is 2.33.